The molecule has 0 spiro atoms. The van der Waals surface area contributed by atoms with E-state index >= 15 is 0 Å². The van der Waals surface area contributed by atoms with E-state index in [0.717, 1.165) is 30.5 Å². The summed E-state index contributed by atoms with van der Waals surface area (Å²) in [6.45, 7) is 1.83. The van der Waals surface area contributed by atoms with Crippen molar-refractivity contribution in [3.63, 3.8) is 0 Å². The molecule has 0 amide bonds. The van der Waals surface area contributed by atoms with Crippen LogP contribution in [-0.2, 0) is 14.3 Å². The maximum absolute atomic E-state index is 13.0. The van der Waals surface area contributed by atoms with Crippen LogP contribution in [-0.4, -0.2) is 38.9 Å². The number of carbonyl (C=O) groups excluding carboxylic acids is 2. The summed E-state index contributed by atoms with van der Waals surface area (Å²) in [6.07, 6.45) is 8.43. The number of thioether (sulfide) groups is 1. The molecule has 31 heavy (non-hydrogen) atoms. The fourth-order valence-electron chi connectivity index (χ4n) is 6.15. The van der Waals surface area contributed by atoms with Gasteiger partial charge in [-0.3, -0.25) is 14.2 Å². The highest BCUT2D eigenvalue weighted by Crippen LogP contribution is 2.60. The number of rotatable bonds is 7. The summed E-state index contributed by atoms with van der Waals surface area (Å²) in [4.78, 5) is 25.4. The molecule has 4 aliphatic rings. The zero-order valence-electron chi connectivity index (χ0n) is 17.6. The minimum Gasteiger partial charge on any atom is -0.457 e. The van der Waals surface area contributed by atoms with Crippen LogP contribution in [0.1, 0.15) is 44.1 Å². The minimum atomic E-state index is -0.403. The van der Waals surface area contributed by atoms with Crippen molar-refractivity contribution in [2.24, 2.45) is 23.2 Å². The van der Waals surface area contributed by atoms with Gasteiger partial charge < -0.3 is 4.74 Å². The van der Waals surface area contributed by atoms with Crippen molar-refractivity contribution in [1.29, 1.82) is 0 Å². The third-order valence-corrected chi connectivity index (χ3v) is 8.59. The van der Waals surface area contributed by atoms with Crippen molar-refractivity contribution in [3.05, 3.63) is 35.1 Å². The lowest BCUT2D eigenvalue weighted by Gasteiger charge is -2.55. The Morgan fingerprint density at radius 2 is 1.87 bits per heavy atom. The number of halogens is 1. The van der Waals surface area contributed by atoms with Gasteiger partial charge in [-0.25, -0.2) is 0 Å². The predicted octanol–water partition coefficient (Wildman–Crippen LogP) is 4.65. The van der Waals surface area contributed by atoms with Crippen molar-refractivity contribution in [2.75, 3.05) is 12.4 Å². The maximum Gasteiger partial charge on any atom is 0.316 e. The third-order valence-electron chi connectivity index (χ3n) is 7.26. The fourth-order valence-corrected chi connectivity index (χ4v) is 7.05. The molecule has 0 saturated heterocycles. The Kier molecular flexibility index (Phi) is 5.59. The van der Waals surface area contributed by atoms with Crippen LogP contribution in [0.15, 0.2) is 29.7 Å². The number of aromatic nitrogens is 3. The highest BCUT2D eigenvalue weighted by molar-refractivity contribution is 7.99. The lowest BCUT2D eigenvalue weighted by Crippen LogP contribution is -2.51. The lowest BCUT2D eigenvalue weighted by atomic mass is 9.48. The Morgan fingerprint density at radius 1 is 1.19 bits per heavy atom. The summed E-state index contributed by atoms with van der Waals surface area (Å²) >= 11 is 7.46. The molecule has 0 unspecified atom stereocenters. The Bertz CT molecular complexity index is 986. The second kappa shape index (κ2) is 8.24. The number of benzene rings is 1. The van der Waals surface area contributed by atoms with Gasteiger partial charge in [0.15, 0.2) is 17.5 Å². The summed E-state index contributed by atoms with van der Waals surface area (Å²) in [7, 11) is 0. The second-order valence-electron chi connectivity index (χ2n) is 9.49. The van der Waals surface area contributed by atoms with Gasteiger partial charge >= 0.3 is 5.97 Å². The molecular weight excluding hydrogens is 434 g/mol. The van der Waals surface area contributed by atoms with Crippen LogP contribution in [0.2, 0.25) is 5.02 Å². The van der Waals surface area contributed by atoms with Crippen molar-refractivity contribution < 1.29 is 14.3 Å². The standard InChI is InChI=1S/C23H26ClN3O3S/c1-14-2-3-18(7-19(14)24)27-13-25-26-22(27)31-12-21(29)30-11-20(28)23-8-15-4-16(9-23)6-17(5-15)10-23/h2-3,7,13,15-17H,4-6,8-12H2,1H3. The Labute approximate surface area is 191 Å². The van der Waals surface area contributed by atoms with Gasteiger partial charge in [0.2, 0.25) is 0 Å². The van der Waals surface area contributed by atoms with Crippen LogP contribution in [0.3, 0.4) is 0 Å². The van der Waals surface area contributed by atoms with Crippen molar-refractivity contribution >= 4 is 35.1 Å². The number of nitrogens with zero attached hydrogens (tertiary/aromatic N) is 3. The zero-order valence-corrected chi connectivity index (χ0v) is 19.1. The number of carbonyl (C=O) groups is 2. The molecule has 4 saturated carbocycles. The van der Waals surface area contributed by atoms with E-state index in [2.05, 4.69) is 10.2 Å². The Morgan fingerprint density at radius 3 is 2.52 bits per heavy atom. The first-order chi connectivity index (χ1) is 14.9. The Balaban J connectivity index is 1.16. The SMILES string of the molecule is Cc1ccc(-n2cnnc2SCC(=O)OCC(=O)C23CC4CC(CC(C4)C2)C3)cc1Cl. The van der Waals surface area contributed by atoms with E-state index in [1.807, 2.05) is 25.1 Å². The molecule has 0 N–H and O–H groups in total. The average molecular weight is 460 g/mol. The van der Waals surface area contributed by atoms with Gasteiger partial charge in [0, 0.05) is 10.4 Å². The van der Waals surface area contributed by atoms with Crippen molar-refractivity contribution in [2.45, 2.75) is 50.6 Å². The number of ether oxygens (including phenoxy) is 1. The molecule has 4 bridgehead atoms. The molecule has 1 heterocycles. The molecule has 8 heteroatoms. The zero-order chi connectivity index (χ0) is 21.6. The first kappa shape index (κ1) is 21.0. The van der Waals surface area contributed by atoms with Crippen molar-refractivity contribution in [1.82, 2.24) is 14.8 Å². The first-order valence-electron chi connectivity index (χ1n) is 10.9. The van der Waals surface area contributed by atoms with Gasteiger partial charge in [-0.2, -0.15) is 0 Å². The predicted molar refractivity (Wildman–Crippen MR) is 118 cm³/mol. The number of aryl methyl sites for hydroxylation is 1. The first-order valence-corrected chi connectivity index (χ1v) is 12.3. The summed E-state index contributed by atoms with van der Waals surface area (Å²) < 4.78 is 7.17. The lowest BCUT2D eigenvalue weighted by molar-refractivity contribution is -0.156. The van der Waals surface area contributed by atoms with E-state index in [1.165, 1.54) is 31.0 Å². The van der Waals surface area contributed by atoms with Crippen LogP contribution >= 0.6 is 23.4 Å². The molecule has 0 atom stereocenters. The van der Waals surface area contributed by atoms with E-state index in [9.17, 15) is 9.59 Å². The van der Waals surface area contributed by atoms with Gasteiger partial charge in [-0.05, 0) is 80.9 Å². The Hall–Kier alpha value is -1.86. The summed E-state index contributed by atoms with van der Waals surface area (Å²) in [5.74, 6) is 1.89. The highest BCUT2D eigenvalue weighted by Gasteiger charge is 2.54. The number of hydrogen-bond acceptors (Lipinski definition) is 6. The van der Waals surface area contributed by atoms with E-state index in [1.54, 1.807) is 10.9 Å². The van der Waals surface area contributed by atoms with Crippen LogP contribution in [0.25, 0.3) is 5.69 Å². The molecule has 6 rings (SSSR count). The quantitative estimate of drug-likeness (QED) is 0.443. The summed E-state index contributed by atoms with van der Waals surface area (Å²) in [5.41, 5.74) is 1.58. The minimum absolute atomic E-state index is 0.0758. The number of ketones is 1. The van der Waals surface area contributed by atoms with E-state index < -0.39 is 5.97 Å². The van der Waals surface area contributed by atoms with Crippen LogP contribution in [0.5, 0.6) is 0 Å². The van der Waals surface area contributed by atoms with E-state index in [-0.39, 0.29) is 23.6 Å². The normalized spacial score (nSPS) is 28.6. The molecule has 0 aliphatic heterocycles. The topological polar surface area (TPSA) is 74.1 Å². The fraction of sp³-hybridized carbons (Fsp3) is 0.565. The van der Waals surface area contributed by atoms with E-state index in [4.69, 9.17) is 16.3 Å². The molecule has 0 radical (unpaired) electrons. The summed E-state index contributed by atoms with van der Waals surface area (Å²) in [6, 6.07) is 5.69. The van der Waals surface area contributed by atoms with Gasteiger partial charge in [0.1, 0.15) is 6.33 Å². The molecule has 2 aromatic rings. The number of esters is 1. The molecule has 1 aromatic heterocycles. The summed E-state index contributed by atoms with van der Waals surface area (Å²) in [5, 5.41) is 9.28. The van der Waals surface area contributed by atoms with Gasteiger partial charge in [-0.1, -0.05) is 29.4 Å². The smallest absolute Gasteiger partial charge is 0.316 e. The molecule has 1 aromatic carbocycles. The third kappa shape index (κ3) is 4.14. The molecular formula is C23H26ClN3O3S. The largest absolute Gasteiger partial charge is 0.457 e. The van der Waals surface area contributed by atoms with Gasteiger partial charge in [0.05, 0.1) is 11.4 Å². The number of hydrogen-bond donors (Lipinski definition) is 0. The maximum atomic E-state index is 13.0. The number of Topliss-reactive ketones (excluding diaryl/α,β-unsaturated/α-hetero) is 1. The van der Waals surface area contributed by atoms with Crippen LogP contribution in [0.4, 0.5) is 0 Å². The average Bonchev–Trinajstić information content (AvgIpc) is 3.20. The highest BCUT2D eigenvalue weighted by atomic mass is 35.5. The van der Waals surface area contributed by atoms with Gasteiger partial charge in [0.25, 0.3) is 0 Å². The second-order valence-corrected chi connectivity index (χ2v) is 10.8. The van der Waals surface area contributed by atoms with Crippen molar-refractivity contribution in [3.8, 4) is 5.69 Å². The molecule has 4 aliphatic carbocycles. The molecule has 4 fully saturated rings. The monoisotopic (exact) mass is 459 g/mol. The van der Waals surface area contributed by atoms with E-state index in [0.29, 0.717) is 27.9 Å². The van der Waals surface area contributed by atoms with Crippen LogP contribution < -0.4 is 0 Å². The molecule has 164 valence electrons. The van der Waals surface area contributed by atoms with Gasteiger partial charge in [-0.15, -0.1) is 10.2 Å². The van der Waals surface area contributed by atoms with Crippen LogP contribution in [0, 0.1) is 30.1 Å². The molecule has 6 nitrogen and oxygen atoms in total.